The molecular formula is C14H9N5O2. The van der Waals surface area contributed by atoms with Gasteiger partial charge in [-0.15, -0.1) is 5.10 Å². The highest BCUT2D eigenvalue weighted by Crippen LogP contribution is 2.13. The fraction of sp³-hybridized carbons (Fsp3) is 0. The fourth-order valence-electron chi connectivity index (χ4n) is 2.11. The zero-order valence-electron chi connectivity index (χ0n) is 10.7. The van der Waals surface area contributed by atoms with E-state index in [0.29, 0.717) is 16.6 Å². The molecule has 0 aliphatic carbocycles. The Morgan fingerprint density at radius 2 is 2.05 bits per heavy atom. The Labute approximate surface area is 118 Å². The lowest BCUT2D eigenvalue weighted by molar-refractivity contribution is 0.0409. The second kappa shape index (κ2) is 4.41. The third-order valence-corrected chi connectivity index (χ3v) is 3.15. The second-order valence-corrected chi connectivity index (χ2v) is 4.46. The van der Waals surface area contributed by atoms with Crippen molar-refractivity contribution in [2.45, 2.75) is 0 Å². The predicted molar refractivity (Wildman–Crippen MR) is 74.5 cm³/mol. The summed E-state index contributed by atoms with van der Waals surface area (Å²) < 4.78 is 0. The van der Waals surface area contributed by atoms with Crippen LogP contribution in [0.4, 0.5) is 0 Å². The number of nitrogens with zero attached hydrogens (tertiary/aromatic N) is 4. The van der Waals surface area contributed by atoms with Gasteiger partial charge in [0.15, 0.2) is 0 Å². The first-order valence-electron chi connectivity index (χ1n) is 6.27. The number of hydrogen-bond donors (Lipinski definition) is 1. The van der Waals surface area contributed by atoms with Crippen molar-refractivity contribution in [2.24, 2.45) is 0 Å². The van der Waals surface area contributed by atoms with Crippen molar-refractivity contribution >= 4 is 28.0 Å². The van der Waals surface area contributed by atoms with E-state index >= 15 is 0 Å². The van der Waals surface area contributed by atoms with Gasteiger partial charge in [0.2, 0.25) is 0 Å². The number of hydrogen-bond acceptors (Lipinski definition) is 5. The molecule has 0 saturated carbocycles. The molecule has 21 heavy (non-hydrogen) atoms. The van der Waals surface area contributed by atoms with Crippen molar-refractivity contribution in [3.8, 4) is 0 Å². The summed E-state index contributed by atoms with van der Waals surface area (Å²) in [7, 11) is 0. The van der Waals surface area contributed by atoms with Crippen LogP contribution in [0.1, 0.15) is 10.4 Å². The number of benzene rings is 2. The van der Waals surface area contributed by atoms with Gasteiger partial charge in [-0.3, -0.25) is 0 Å². The highest BCUT2D eigenvalue weighted by atomic mass is 16.7. The maximum Gasteiger partial charge on any atom is 0.365 e. The number of carbonyl (C=O) groups is 1. The number of carbonyl (C=O) groups excluding carboxylic acids is 1. The van der Waals surface area contributed by atoms with Crippen LogP contribution in [-0.2, 0) is 0 Å². The maximum absolute atomic E-state index is 12.2. The monoisotopic (exact) mass is 279 g/mol. The number of rotatable bonds is 2. The van der Waals surface area contributed by atoms with Gasteiger partial charge in [0.25, 0.3) is 0 Å². The first-order chi connectivity index (χ1) is 10.3. The van der Waals surface area contributed by atoms with Gasteiger partial charge in [0.1, 0.15) is 11.0 Å². The fourth-order valence-corrected chi connectivity index (χ4v) is 2.11. The lowest BCUT2D eigenvalue weighted by atomic mass is 10.2. The van der Waals surface area contributed by atoms with Crippen molar-refractivity contribution in [1.29, 1.82) is 0 Å². The Kier molecular flexibility index (Phi) is 2.43. The Morgan fingerprint density at radius 3 is 3.00 bits per heavy atom. The zero-order chi connectivity index (χ0) is 14.2. The van der Waals surface area contributed by atoms with E-state index in [1.165, 1.54) is 0 Å². The summed E-state index contributed by atoms with van der Waals surface area (Å²) in [4.78, 5) is 25.6. The van der Waals surface area contributed by atoms with E-state index in [4.69, 9.17) is 4.84 Å². The molecule has 2 aromatic carbocycles. The third-order valence-electron chi connectivity index (χ3n) is 3.15. The van der Waals surface area contributed by atoms with E-state index in [-0.39, 0.29) is 0 Å². The van der Waals surface area contributed by atoms with Crippen LogP contribution in [0.15, 0.2) is 48.8 Å². The van der Waals surface area contributed by atoms with E-state index in [0.717, 1.165) is 15.9 Å². The first kappa shape index (κ1) is 11.6. The van der Waals surface area contributed by atoms with Crippen molar-refractivity contribution in [3.05, 3.63) is 54.4 Å². The normalized spacial score (nSPS) is 11.0. The van der Waals surface area contributed by atoms with Crippen LogP contribution in [0.25, 0.3) is 22.1 Å². The van der Waals surface area contributed by atoms with Gasteiger partial charge in [-0.1, -0.05) is 17.0 Å². The molecule has 1 N–H and O–H groups in total. The van der Waals surface area contributed by atoms with Crippen LogP contribution in [-0.4, -0.2) is 31.1 Å². The minimum atomic E-state index is -0.512. The minimum Gasteiger partial charge on any atom is -0.345 e. The molecule has 0 aliphatic rings. The molecule has 4 aromatic rings. The quantitative estimate of drug-likeness (QED) is 0.563. The van der Waals surface area contributed by atoms with E-state index < -0.39 is 5.97 Å². The number of H-pyrrole nitrogens is 1. The molecular weight excluding hydrogens is 270 g/mol. The third kappa shape index (κ3) is 1.91. The van der Waals surface area contributed by atoms with Crippen molar-refractivity contribution in [1.82, 2.24) is 25.1 Å². The lowest BCUT2D eigenvalue weighted by Gasteiger charge is -2.03. The van der Waals surface area contributed by atoms with Gasteiger partial charge in [-0.05, 0) is 35.5 Å². The molecule has 2 aromatic heterocycles. The van der Waals surface area contributed by atoms with Crippen LogP contribution in [0, 0.1) is 0 Å². The molecule has 0 atom stereocenters. The van der Waals surface area contributed by atoms with Crippen molar-refractivity contribution < 1.29 is 9.63 Å². The molecule has 0 radical (unpaired) electrons. The smallest absolute Gasteiger partial charge is 0.345 e. The van der Waals surface area contributed by atoms with Crippen LogP contribution >= 0.6 is 0 Å². The summed E-state index contributed by atoms with van der Waals surface area (Å²) in [6.07, 6.45) is 1.57. The van der Waals surface area contributed by atoms with Crippen LogP contribution in [0.2, 0.25) is 0 Å². The van der Waals surface area contributed by atoms with Gasteiger partial charge in [-0.25, -0.2) is 9.78 Å². The summed E-state index contributed by atoms with van der Waals surface area (Å²) in [5.74, 6) is -0.512. The molecule has 0 saturated heterocycles. The Balaban J connectivity index is 1.68. The number of nitrogens with one attached hydrogen (secondary N) is 1. The topological polar surface area (TPSA) is 85.7 Å². The molecule has 0 amide bonds. The summed E-state index contributed by atoms with van der Waals surface area (Å²) in [6.45, 7) is 0. The second-order valence-electron chi connectivity index (χ2n) is 4.46. The molecule has 102 valence electrons. The number of imidazole rings is 1. The van der Waals surface area contributed by atoms with E-state index in [9.17, 15) is 4.79 Å². The molecule has 0 unspecified atom stereocenters. The number of aromatic amines is 1. The number of fused-ring (bicyclic) bond motifs is 2. The average Bonchev–Trinajstić information content (AvgIpc) is 3.13. The lowest BCUT2D eigenvalue weighted by Crippen LogP contribution is -2.21. The highest BCUT2D eigenvalue weighted by Gasteiger charge is 2.13. The minimum absolute atomic E-state index is 0.409. The number of aromatic nitrogens is 5. The van der Waals surface area contributed by atoms with Gasteiger partial charge in [0, 0.05) is 0 Å². The summed E-state index contributed by atoms with van der Waals surface area (Å²) in [5, 5.41) is 7.74. The van der Waals surface area contributed by atoms with Crippen molar-refractivity contribution in [2.75, 3.05) is 0 Å². The van der Waals surface area contributed by atoms with E-state index in [2.05, 4.69) is 20.3 Å². The Morgan fingerprint density at radius 1 is 1.14 bits per heavy atom. The summed E-state index contributed by atoms with van der Waals surface area (Å²) in [5.41, 5.74) is 3.26. The molecule has 7 nitrogen and oxygen atoms in total. The van der Waals surface area contributed by atoms with Gasteiger partial charge in [-0.2, -0.15) is 0 Å². The molecule has 2 heterocycles. The first-order valence-corrected chi connectivity index (χ1v) is 6.27. The van der Waals surface area contributed by atoms with Crippen molar-refractivity contribution in [3.63, 3.8) is 0 Å². The zero-order valence-corrected chi connectivity index (χ0v) is 10.7. The predicted octanol–water partition coefficient (Wildman–Crippen LogP) is 1.58. The van der Waals surface area contributed by atoms with E-state index in [1.807, 2.05) is 12.1 Å². The molecule has 0 bridgehead atoms. The maximum atomic E-state index is 12.2. The van der Waals surface area contributed by atoms with Gasteiger partial charge >= 0.3 is 5.97 Å². The summed E-state index contributed by atoms with van der Waals surface area (Å²) >= 11 is 0. The molecule has 0 spiro atoms. The Hall–Kier alpha value is -3.22. The number of para-hydroxylation sites is 1. The highest BCUT2D eigenvalue weighted by molar-refractivity contribution is 5.94. The molecule has 0 aliphatic heterocycles. The Bertz CT molecular complexity index is 956. The standard InChI is InChI=1S/C14H9N5O2/c20-14(9-5-6-10-12(7-9)16-8-15-10)21-19-13-4-2-1-3-11(13)17-18-19/h1-8H,(H,15,16). The van der Waals surface area contributed by atoms with Gasteiger partial charge < -0.3 is 9.82 Å². The molecule has 0 fully saturated rings. The SMILES string of the molecule is O=C(On1nnc2ccccc21)c1ccc2nc[nH]c2c1. The van der Waals surface area contributed by atoms with E-state index in [1.54, 1.807) is 36.7 Å². The van der Waals surface area contributed by atoms with Crippen LogP contribution < -0.4 is 4.84 Å². The van der Waals surface area contributed by atoms with Crippen LogP contribution in [0.5, 0.6) is 0 Å². The van der Waals surface area contributed by atoms with Gasteiger partial charge in [0.05, 0.1) is 22.9 Å². The largest absolute Gasteiger partial charge is 0.365 e. The summed E-state index contributed by atoms with van der Waals surface area (Å²) in [6, 6.07) is 12.3. The average molecular weight is 279 g/mol. The van der Waals surface area contributed by atoms with Crippen LogP contribution in [0.3, 0.4) is 0 Å². The molecule has 7 heteroatoms. The molecule has 4 rings (SSSR count).